The van der Waals surface area contributed by atoms with Crippen molar-refractivity contribution in [3.63, 3.8) is 0 Å². The summed E-state index contributed by atoms with van der Waals surface area (Å²) in [7, 11) is 0. The lowest BCUT2D eigenvalue weighted by Gasteiger charge is -2.24. The van der Waals surface area contributed by atoms with Gasteiger partial charge in [0.25, 0.3) is 0 Å². The summed E-state index contributed by atoms with van der Waals surface area (Å²) in [6.45, 7) is 5.73. The molecule has 1 aliphatic heterocycles. The number of rotatable bonds is 2. The number of carboxylic acid groups (broad SMARTS) is 2. The monoisotopic (exact) mass is 287 g/mol. The fourth-order valence-electron chi connectivity index (χ4n) is 1.12. The fourth-order valence-corrected chi connectivity index (χ4v) is 1.12. The second-order valence-electron chi connectivity index (χ2n) is 3.63. The summed E-state index contributed by atoms with van der Waals surface area (Å²) in [6.07, 6.45) is 0. The average Bonchev–Trinajstić information content (AvgIpc) is 2.40. The minimum absolute atomic E-state index is 0.194. The van der Waals surface area contributed by atoms with Gasteiger partial charge in [-0.1, -0.05) is 11.8 Å². The molecule has 0 atom stereocenters. The molecular formula is C12H17NO7. The third-order valence-corrected chi connectivity index (χ3v) is 2.06. The highest BCUT2D eigenvalue weighted by atomic mass is 16.5. The first-order valence-electron chi connectivity index (χ1n) is 5.79. The normalized spacial score (nSPS) is 14.1. The Morgan fingerprint density at radius 2 is 1.70 bits per heavy atom. The number of aliphatic carboxylic acids is 2. The molecule has 0 amide bonds. The molecule has 1 saturated heterocycles. The lowest BCUT2D eigenvalue weighted by atomic mass is 10.4. The average molecular weight is 287 g/mol. The number of carbonyl (C=O) groups is 3. The molecule has 0 aromatic rings. The van der Waals surface area contributed by atoms with Crippen LogP contribution in [0.25, 0.3) is 0 Å². The molecule has 0 radical (unpaired) electrons. The van der Waals surface area contributed by atoms with Crippen molar-refractivity contribution in [2.45, 2.75) is 6.92 Å². The number of ether oxygens (including phenoxy) is 2. The van der Waals surface area contributed by atoms with Crippen LogP contribution in [0.4, 0.5) is 0 Å². The Labute approximate surface area is 116 Å². The number of hydrogen-bond acceptors (Lipinski definition) is 6. The number of hydrogen-bond donors (Lipinski definition) is 2. The van der Waals surface area contributed by atoms with E-state index in [1.165, 1.54) is 6.92 Å². The van der Waals surface area contributed by atoms with Crippen molar-refractivity contribution in [2.24, 2.45) is 0 Å². The van der Waals surface area contributed by atoms with Crippen LogP contribution in [0.15, 0.2) is 0 Å². The topological polar surface area (TPSA) is 113 Å². The molecule has 1 heterocycles. The molecule has 8 nitrogen and oxygen atoms in total. The molecule has 1 aliphatic rings. The SMILES string of the molecule is CC(=O)OCC#CCN1CCOCC1.O=C(O)C(=O)O. The van der Waals surface area contributed by atoms with Crippen LogP contribution in [0.3, 0.4) is 0 Å². The summed E-state index contributed by atoms with van der Waals surface area (Å²) in [5, 5.41) is 14.8. The summed E-state index contributed by atoms with van der Waals surface area (Å²) in [5.74, 6) is 1.81. The number of esters is 1. The van der Waals surface area contributed by atoms with Crippen LogP contribution in [-0.4, -0.2) is 72.5 Å². The van der Waals surface area contributed by atoms with Crippen molar-refractivity contribution in [1.82, 2.24) is 4.90 Å². The first-order chi connectivity index (χ1) is 9.43. The van der Waals surface area contributed by atoms with Gasteiger partial charge in [-0.25, -0.2) is 9.59 Å². The van der Waals surface area contributed by atoms with E-state index in [1.807, 2.05) is 0 Å². The van der Waals surface area contributed by atoms with E-state index in [4.69, 9.17) is 24.5 Å². The highest BCUT2D eigenvalue weighted by molar-refractivity contribution is 6.27. The summed E-state index contributed by atoms with van der Waals surface area (Å²) in [5.41, 5.74) is 0. The first kappa shape index (κ1) is 17.9. The molecule has 0 aliphatic carbocycles. The summed E-state index contributed by atoms with van der Waals surface area (Å²) in [4.78, 5) is 30.8. The number of carbonyl (C=O) groups excluding carboxylic acids is 1. The van der Waals surface area contributed by atoms with Crippen molar-refractivity contribution >= 4 is 17.9 Å². The second kappa shape index (κ2) is 10.8. The predicted octanol–water partition coefficient (Wildman–Crippen LogP) is -0.959. The second-order valence-corrected chi connectivity index (χ2v) is 3.63. The van der Waals surface area contributed by atoms with E-state index in [0.717, 1.165) is 32.8 Å². The maximum atomic E-state index is 10.4. The zero-order valence-corrected chi connectivity index (χ0v) is 11.1. The van der Waals surface area contributed by atoms with Crippen LogP contribution in [0, 0.1) is 11.8 Å². The molecule has 0 aromatic heterocycles. The van der Waals surface area contributed by atoms with Crippen LogP contribution >= 0.6 is 0 Å². The molecule has 0 unspecified atom stereocenters. The molecule has 0 saturated carbocycles. The summed E-state index contributed by atoms with van der Waals surface area (Å²) < 4.78 is 9.87. The van der Waals surface area contributed by atoms with E-state index in [-0.39, 0.29) is 12.6 Å². The number of nitrogens with zero attached hydrogens (tertiary/aromatic N) is 1. The molecule has 1 fully saturated rings. The maximum Gasteiger partial charge on any atom is 0.414 e. The van der Waals surface area contributed by atoms with Crippen molar-refractivity contribution < 1.29 is 34.1 Å². The highest BCUT2D eigenvalue weighted by Crippen LogP contribution is 1.94. The Hall–Kier alpha value is -2.11. The Morgan fingerprint density at radius 1 is 1.15 bits per heavy atom. The third kappa shape index (κ3) is 11.0. The summed E-state index contributed by atoms with van der Waals surface area (Å²) >= 11 is 0. The largest absolute Gasteiger partial charge is 0.473 e. The van der Waals surface area contributed by atoms with Crippen molar-refractivity contribution in [2.75, 3.05) is 39.5 Å². The Kier molecular flexibility index (Phi) is 9.64. The minimum Gasteiger partial charge on any atom is -0.473 e. The van der Waals surface area contributed by atoms with Crippen LogP contribution in [0.2, 0.25) is 0 Å². The van der Waals surface area contributed by atoms with Gasteiger partial charge in [0.05, 0.1) is 19.8 Å². The van der Waals surface area contributed by atoms with Gasteiger partial charge in [-0.2, -0.15) is 0 Å². The maximum absolute atomic E-state index is 10.4. The third-order valence-electron chi connectivity index (χ3n) is 2.06. The molecule has 8 heteroatoms. The van der Waals surface area contributed by atoms with Crippen LogP contribution in [-0.2, 0) is 23.9 Å². The van der Waals surface area contributed by atoms with E-state index in [2.05, 4.69) is 21.5 Å². The van der Waals surface area contributed by atoms with Gasteiger partial charge < -0.3 is 19.7 Å². The van der Waals surface area contributed by atoms with Gasteiger partial charge in [0.15, 0.2) is 6.61 Å². The highest BCUT2D eigenvalue weighted by Gasteiger charge is 2.07. The molecule has 0 aromatic carbocycles. The van der Waals surface area contributed by atoms with Crippen molar-refractivity contribution in [3.8, 4) is 11.8 Å². The zero-order valence-electron chi connectivity index (χ0n) is 11.1. The summed E-state index contributed by atoms with van der Waals surface area (Å²) in [6, 6.07) is 0. The van der Waals surface area contributed by atoms with Gasteiger partial charge in [0.1, 0.15) is 0 Å². The van der Waals surface area contributed by atoms with E-state index < -0.39 is 11.9 Å². The predicted molar refractivity (Wildman–Crippen MR) is 66.9 cm³/mol. The lowest BCUT2D eigenvalue weighted by Crippen LogP contribution is -2.36. The minimum atomic E-state index is -1.82. The van der Waals surface area contributed by atoms with Gasteiger partial charge >= 0.3 is 17.9 Å². The molecule has 0 bridgehead atoms. The Morgan fingerprint density at radius 3 is 2.15 bits per heavy atom. The van der Waals surface area contributed by atoms with E-state index >= 15 is 0 Å². The molecule has 2 N–H and O–H groups in total. The molecule has 20 heavy (non-hydrogen) atoms. The van der Waals surface area contributed by atoms with Crippen LogP contribution < -0.4 is 0 Å². The quantitative estimate of drug-likeness (QED) is 0.379. The van der Waals surface area contributed by atoms with Crippen LogP contribution in [0.1, 0.15) is 6.92 Å². The van der Waals surface area contributed by atoms with Gasteiger partial charge in [-0.3, -0.25) is 9.69 Å². The number of morpholine rings is 1. The Bertz CT molecular complexity index is 378. The van der Waals surface area contributed by atoms with E-state index in [0.29, 0.717) is 0 Å². The molecule has 112 valence electrons. The van der Waals surface area contributed by atoms with Crippen molar-refractivity contribution in [1.29, 1.82) is 0 Å². The fraction of sp³-hybridized carbons (Fsp3) is 0.583. The van der Waals surface area contributed by atoms with E-state index in [9.17, 15) is 4.79 Å². The van der Waals surface area contributed by atoms with Gasteiger partial charge in [0, 0.05) is 20.0 Å². The molecular weight excluding hydrogens is 270 g/mol. The van der Waals surface area contributed by atoms with Gasteiger partial charge in [-0.05, 0) is 0 Å². The smallest absolute Gasteiger partial charge is 0.414 e. The zero-order chi connectivity index (χ0) is 15.4. The Balaban J connectivity index is 0.000000511. The standard InChI is InChI=1S/C10H15NO3.C2H2O4/c1-10(12)14-7-3-2-4-11-5-8-13-9-6-11;3-1(4)2(5)6/h4-9H2,1H3;(H,3,4)(H,5,6). The van der Waals surface area contributed by atoms with Crippen LogP contribution in [0.5, 0.6) is 0 Å². The van der Waals surface area contributed by atoms with E-state index in [1.54, 1.807) is 0 Å². The van der Waals surface area contributed by atoms with Crippen molar-refractivity contribution in [3.05, 3.63) is 0 Å². The van der Waals surface area contributed by atoms with Gasteiger partial charge in [-0.15, -0.1) is 0 Å². The molecule has 0 spiro atoms. The lowest BCUT2D eigenvalue weighted by molar-refractivity contribution is -0.159. The van der Waals surface area contributed by atoms with Gasteiger partial charge in [0.2, 0.25) is 0 Å². The number of carboxylic acids is 2. The molecule has 1 rings (SSSR count). The first-order valence-corrected chi connectivity index (χ1v) is 5.79.